The highest BCUT2D eigenvalue weighted by Gasteiger charge is 2.25. The summed E-state index contributed by atoms with van der Waals surface area (Å²) in [5.41, 5.74) is 1.28. The first-order valence-electron chi connectivity index (χ1n) is 8.54. The van der Waals surface area contributed by atoms with Gasteiger partial charge in [-0.15, -0.1) is 0 Å². The molecule has 0 spiro atoms. The highest BCUT2D eigenvalue weighted by molar-refractivity contribution is 5.14. The van der Waals surface area contributed by atoms with E-state index in [-0.39, 0.29) is 5.92 Å². The second-order valence-electron chi connectivity index (χ2n) is 6.76. The zero-order valence-electron chi connectivity index (χ0n) is 13.4. The average Bonchev–Trinajstić information content (AvgIpc) is 2.62. The molecule has 0 N–H and O–H groups in total. The molecule has 4 heteroatoms. The van der Waals surface area contributed by atoms with Gasteiger partial charge in [-0.2, -0.15) is 5.26 Å². The number of nitriles is 1. The van der Waals surface area contributed by atoms with E-state index in [1.165, 1.54) is 18.4 Å². The summed E-state index contributed by atoms with van der Waals surface area (Å²) < 4.78 is 5.44. The molecular formula is C18H25N3O. The van der Waals surface area contributed by atoms with Gasteiger partial charge in [0.15, 0.2) is 0 Å². The first-order chi connectivity index (χ1) is 10.8. The second-order valence-corrected chi connectivity index (χ2v) is 6.76. The molecule has 2 aliphatic rings. The van der Waals surface area contributed by atoms with Crippen molar-refractivity contribution in [1.29, 1.82) is 5.26 Å². The molecular weight excluding hydrogens is 274 g/mol. The fraction of sp³-hybridized carbons (Fsp3) is 0.722. The molecule has 0 bridgehead atoms. The van der Waals surface area contributed by atoms with Crippen LogP contribution < -0.4 is 0 Å². The van der Waals surface area contributed by atoms with Crippen LogP contribution in [-0.4, -0.2) is 23.2 Å². The molecule has 1 aromatic heterocycles. The van der Waals surface area contributed by atoms with E-state index in [0.29, 0.717) is 17.9 Å². The van der Waals surface area contributed by atoms with Crippen molar-refractivity contribution in [2.45, 2.75) is 69.3 Å². The molecule has 2 saturated carbocycles. The first-order valence-corrected chi connectivity index (χ1v) is 8.54. The van der Waals surface area contributed by atoms with Gasteiger partial charge in [0.25, 0.3) is 0 Å². The fourth-order valence-corrected chi connectivity index (χ4v) is 3.88. The summed E-state index contributed by atoms with van der Waals surface area (Å²) in [5.74, 6) is 2.26. The van der Waals surface area contributed by atoms with E-state index in [9.17, 15) is 0 Å². The minimum Gasteiger partial charge on any atom is -0.381 e. The largest absolute Gasteiger partial charge is 0.381 e. The van der Waals surface area contributed by atoms with E-state index < -0.39 is 0 Å². The van der Waals surface area contributed by atoms with Gasteiger partial charge in [-0.1, -0.05) is 0 Å². The van der Waals surface area contributed by atoms with Crippen molar-refractivity contribution < 1.29 is 4.74 Å². The van der Waals surface area contributed by atoms with E-state index in [2.05, 4.69) is 16.0 Å². The van der Waals surface area contributed by atoms with E-state index in [1.54, 1.807) is 0 Å². The molecule has 0 aromatic carbocycles. The highest BCUT2D eigenvalue weighted by Crippen LogP contribution is 2.36. The first kappa shape index (κ1) is 15.4. The Morgan fingerprint density at radius 3 is 2.09 bits per heavy atom. The standard InChI is InChI=1S/C18H25N3O/c1-22-17-8-6-14(7-9-17)16-11-20-18(21-12-16)15-4-2-13(10-19)3-5-15/h11-15,17H,2-9H2,1H3/t13-,14-,15-,17-. The van der Waals surface area contributed by atoms with E-state index in [1.807, 2.05) is 19.5 Å². The lowest BCUT2D eigenvalue weighted by atomic mass is 9.82. The maximum Gasteiger partial charge on any atom is 0.131 e. The number of methoxy groups -OCH3 is 1. The summed E-state index contributed by atoms with van der Waals surface area (Å²) in [6.45, 7) is 0. The maximum absolute atomic E-state index is 8.97. The molecule has 22 heavy (non-hydrogen) atoms. The Hall–Kier alpha value is -1.47. The molecule has 118 valence electrons. The quantitative estimate of drug-likeness (QED) is 0.848. The Morgan fingerprint density at radius 2 is 1.55 bits per heavy atom. The van der Waals surface area contributed by atoms with Crippen LogP contribution in [0.15, 0.2) is 12.4 Å². The lowest BCUT2D eigenvalue weighted by Gasteiger charge is -2.28. The van der Waals surface area contributed by atoms with Crippen molar-refractivity contribution in [1.82, 2.24) is 9.97 Å². The molecule has 1 heterocycles. The third kappa shape index (κ3) is 3.47. The van der Waals surface area contributed by atoms with Crippen molar-refractivity contribution >= 4 is 0 Å². The Morgan fingerprint density at radius 1 is 0.955 bits per heavy atom. The SMILES string of the molecule is CO[C@H]1CC[C@H](c2cnc([C@H]3CC[C@H](C#N)CC3)nc2)CC1. The van der Waals surface area contributed by atoms with Gasteiger partial charge in [0.1, 0.15) is 5.82 Å². The molecule has 3 rings (SSSR count). The number of aromatic nitrogens is 2. The summed E-state index contributed by atoms with van der Waals surface area (Å²) in [5, 5.41) is 8.97. The highest BCUT2D eigenvalue weighted by atomic mass is 16.5. The van der Waals surface area contributed by atoms with Crippen molar-refractivity contribution in [3.63, 3.8) is 0 Å². The number of rotatable bonds is 3. The summed E-state index contributed by atoms with van der Waals surface area (Å²) in [4.78, 5) is 9.28. The molecule has 0 amide bonds. The Bertz CT molecular complexity index is 506. The van der Waals surface area contributed by atoms with Gasteiger partial charge in [-0.3, -0.25) is 0 Å². The number of ether oxygens (including phenoxy) is 1. The Labute approximate surface area is 132 Å². The van der Waals surface area contributed by atoms with Gasteiger partial charge in [0.2, 0.25) is 0 Å². The van der Waals surface area contributed by atoms with Crippen LogP contribution >= 0.6 is 0 Å². The molecule has 0 atom stereocenters. The summed E-state index contributed by atoms with van der Waals surface area (Å²) in [6.07, 6.45) is 13.2. The third-order valence-electron chi connectivity index (χ3n) is 5.45. The molecule has 0 saturated heterocycles. The molecule has 0 radical (unpaired) electrons. The summed E-state index contributed by atoms with van der Waals surface area (Å²) in [6, 6.07) is 2.39. The zero-order chi connectivity index (χ0) is 15.4. The molecule has 0 aliphatic heterocycles. The topological polar surface area (TPSA) is 58.8 Å². The van der Waals surface area contributed by atoms with Gasteiger partial charge in [0, 0.05) is 31.3 Å². The lowest BCUT2D eigenvalue weighted by molar-refractivity contribution is 0.0658. The monoisotopic (exact) mass is 299 g/mol. The van der Waals surface area contributed by atoms with E-state index >= 15 is 0 Å². The molecule has 1 aromatic rings. The number of hydrogen-bond acceptors (Lipinski definition) is 4. The smallest absolute Gasteiger partial charge is 0.131 e. The number of nitrogens with zero attached hydrogens (tertiary/aromatic N) is 3. The van der Waals surface area contributed by atoms with Crippen LogP contribution in [0.2, 0.25) is 0 Å². The molecule has 0 unspecified atom stereocenters. The van der Waals surface area contributed by atoms with Crippen LogP contribution in [0.1, 0.15) is 74.6 Å². The van der Waals surface area contributed by atoms with Crippen molar-refractivity contribution in [3.05, 3.63) is 23.8 Å². The summed E-state index contributed by atoms with van der Waals surface area (Å²) >= 11 is 0. The minimum atomic E-state index is 0.242. The molecule has 4 nitrogen and oxygen atoms in total. The summed E-state index contributed by atoms with van der Waals surface area (Å²) in [7, 11) is 1.81. The predicted octanol–water partition coefficient (Wildman–Crippen LogP) is 3.95. The lowest BCUT2D eigenvalue weighted by Crippen LogP contribution is -2.20. The zero-order valence-corrected chi connectivity index (χ0v) is 13.4. The van der Waals surface area contributed by atoms with Crippen LogP contribution in [0.25, 0.3) is 0 Å². The fourth-order valence-electron chi connectivity index (χ4n) is 3.88. The third-order valence-corrected chi connectivity index (χ3v) is 5.45. The Balaban J connectivity index is 1.58. The van der Waals surface area contributed by atoms with Crippen molar-refractivity contribution in [3.8, 4) is 6.07 Å². The van der Waals surface area contributed by atoms with Crippen LogP contribution in [0.3, 0.4) is 0 Å². The van der Waals surface area contributed by atoms with Gasteiger partial charge >= 0.3 is 0 Å². The normalized spacial score (nSPS) is 32.4. The van der Waals surface area contributed by atoms with Crippen LogP contribution in [0, 0.1) is 17.2 Å². The van der Waals surface area contributed by atoms with E-state index in [0.717, 1.165) is 44.3 Å². The van der Waals surface area contributed by atoms with Gasteiger partial charge in [0.05, 0.1) is 12.2 Å². The van der Waals surface area contributed by atoms with Gasteiger partial charge in [-0.25, -0.2) is 9.97 Å². The molecule has 2 fully saturated rings. The van der Waals surface area contributed by atoms with Crippen LogP contribution in [-0.2, 0) is 4.74 Å². The van der Waals surface area contributed by atoms with Crippen LogP contribution in [0.5, 0.6) is 0 Å². The van der Waals surface area contributed by atoms with E-state index in [4.69, 9.17) is 10.00 Å². The van der Waals surface area contributed by atoms with Crippen molar-refractivity contribution in [2.75, 3.05) is 7.11 Å². The maximum atomic E-state index is 8.97. The minimum absolute atomic E-state index is 0.242. The van der Waals surface area contributed by atoms with Gasteiger partial charge in [-0.05, 0) is 62.8 Å². The second kappa shape index (κ2) is 7.19. The van der Waals surface area contributed by atoms with Crippen LogP contribution in [0.4, 0.5) is 0 Å². The number of hydrogen-bond donors (Lipinski definition) is 0. The van der Waals surface area contributed by atoms with Crippen molar-refractivity contribution in [2.24, 2.45) is 5.92 Å². The average molecular weight is 299 g/mol. The van der Waals surface area contributed by atoms with Gasteiger partial charge < -0.3 is 4.74 Å². The predicted molar refractivity (Wildman–Crippen MR) is 84.4 cm³/mol. The molecule has 2 aliphatic carbocycles. The Kier molecular flexibility index (Phi) is 5.04.